The summed E-state index contributed by atoms with van der Waals surface area (Å²) in [6.07, 6.45) is 3.79. The van der Waals surface area contributed by atoms with Crippen molar-refractivity contribution in [3.8, 4) is 0 Å². The molecule has 0 rings (SSSR count). The van der Waals surface area contributed by atoms with Gasteiger partial charge in [-0.1, -0.05) is 13.3 Å². The largest absolute Gasteiger partial charge is 0.389 e. The van der Waals surface area contributed by atoms with E-state index in [0.717, 1.165) is 25.9 Å². The molecule has 0 aliphatic heterocycles. The van der Waals surface area contributed by atoms with Crippen LogP contribution in [-0.4, -0.2) is 43.7 Å². The average Bonchev–Trinajstić information content (AvgIpc) is 2.27. The number of nitrogens with two attached hydrogens (primary N) is 1. The van der Waals surface area contributed by atoms with Crippen LogP contribution in [0, 0.1) is 0 Å². The second kappa shape index (κ2) is 10.0. The van der Waals surface area contributed by atoms with Crippen molar-refractivity contribution in [3.63, 3.8) is 0 Å². The Morgan fingerprint density at radius 2 is 1.62 bits per heavy atom. The molecule has 0 saturated carbocycles. The molecular formula is C12H27NO3. The Kier molecular flexibility index (Phi) is 9.92. The summed E-state index contributed by atoms with van der Waals surface area (Å²) in [4.78, 5) is 0. The lowest BCUT2D eigenvalue weighted by atomic mass is 10.0. The van der Waals surface area contributed by atoms with Crippen molar-refractivity contribution < 1.29 is 14.6 Å². The van der Waals surface area contributed by atoms with E-state index in [9.17, 15) is 5.11 Å². The van der Waals surface area contributed by atoms with E-state index in [1.54, 1.807) is 6.92 Å². The third-order valence-corrected chi connectivity index (χ3v) is 2.46. The third-order valence-electron chi connectivity index (χ3n) is 2.46. The molecule has 0 amide bonds. The number of aliphatic hydroxyl groups is 1. The van der Waals surface area contributed by atoms with Gasteiger partial charge >= 0.3 is 0 Å². The van der Waals surface area contributed by atoms with Crippen LogP contribution >= 0.6 is 0 Å². The summed E-state index contributed by atoms with van der Waals surface area (Å²) >= 11 is 0. The third kappa shape index (κ3) is 10.4. The van der Waals surface area contributed by atoms with E-state index >= 15 is 0 Å². The number of rotatable bonds is 11. The fourth-order valence-electron chi connectivity index (χ4n) is 1.23. The van der Waals surface area contributed by atoms with Crippen LogP contribution in [0.3, 0.4) is 0 Å². The van der Waals surface area contributed by atoms with Crippen molar-refractivity contribution >= 4 is 0 Å². The maximum Gasteiger partial charge on any atom is 0.0742 e. The highest BCUT2D eigenvalue weighted by Crippen LogP contribution is 2.09. The number of ether oxygens (including phenoxy) is 2. The first-order chi connectivity index (χ1) is 7.62. The van der Waals surface area contributed by atoms with Gasteiger partial charge in [0.05, 0.1) is 18.8 Å². The van der Waals surface area contributed by atoms with Crippen LogP contribution in [0.2, 0.25) is 0 Å². The van der Waals surface area contributed by atoms with E-state index in [1.807, 2.05) is 0 Å². The quantitative estimate of drug-likeness (QED) is 0.528. The molecular weight excluding hydrogens is 206 g/mol. The van der Waals surface area contributed by atoms with Crippen molar-refractivity contribution in [2.45, 2.75) is 45.1 Å². The fraction of sp³-hybridized carbons (Fsp3) is 1.00. The van der Waals surface area contributed by atoms with Crippen LogP contribution in [0.5, 0.6) is 0 Å². The van der Waals surface area contributed by atoms with Crippen molar-refractivity contribution in [2.24, 2.45) is 5.73 Å². The normalized spacial score (nSPS) is 15.0. The summed E-state index contributed by atoms with van der Waals surface area (Å²) < 4.78 is 10.7. The summed E-state index contributed by atoms with van der Waals surface area (Å²) in [7, 11) is 0. The molecule has 0 radical (unpaired) electrons. The van der Waals surface area contributed by atoms with Crippen LogP contribution in [0.1, 0.15) is 39.5 Å². The zero-order valence-corrected chi connectivity index (χ0v) is 10.7. The number of hydrogen-bond acceptors (Lipinski definition) is 4. The van der Waals surface area contributed by atoms with Crippen LogP contribution in [0.4, 0.5) is 0 Å². The predicted molar refractivity (Wildman–Crippen MR) is 65.5 cm³/mol. The molecule has 16 heavy (non-hydrogen) atoms. The Bertz CT molecular complexity index is 151. The van der Waals surface area contributed by atoms with Crippen LogP contribution in [0.15, 0.2) is 0 Å². The van der Waals surface area contributed by atoms with Crippen molar-refractivity contribution in [1.82, 2.24) is 0 Å². The van der Waals surface area contributed by atoms with Crippen molar-refractivity contribution in [2.75, 3.05) is 33.0 Å². The van der Waals surface area contributed by atoms with Gasteiger partial charge in [0.15, 0.2) is 0 Å². The van der Waals surface area contributed by atoms with Gasteiger partial charge in [-0.2, -0.15) is 0 Å². The first-order valence-corrected chi connectivity index (χ1v) is 6.20. The smallest absolute Gasteiger partial charge is 0.0742 e. The topological polar surface area (TPSA) is 64.7 Å². The first-order valence-electron chi connectivity index (χ1n) is 6.20. The highest BCUT2D eigenvalue weighted by molar-refractivity contribution is 4.72. The van der Waals surface area contributed by atoms with Crippen LogP contribution in [0.25, 0.3) is 0 Å². The summed E-state index contributed by atoms with van der Waals surface area (Å²) in [5.74, 6) is 0. The van der Waals surface area contributed by atoms with E-state index in [0.29, 0.717) is 32.8 Å². The number of unbranched alkanes of at least 4 members (excludes halogenated alkanes) is 1. The van der Waals surface area contributed by atoms with E-state index < -0.39 is 5.60 Å². The molecule has 0 aliphatic carbocycles. The Labute approximate surface area is 99.1 Å². The summed E-state index contributed by atoms with van der Waals surface area (Å²) in [6, 6.07) is 0. The molecule has 0 saturated heterocycles. The standard InChI is InChI=1S/C12H27NO3/c1-3-4-7-15-9-10-16-8-5-6-12(2,14)11-13/h14H,3-11,13H2,1-2H3. The Morgan fingerprint density at radius 1 is 1.06 bits per heavy atom. The van der Waals surface area contributed by atoms with Gasteiger partial charge in [0, 0.05) is 19.8 Å². The Morgan fingerprint density at radius 3 is 2.12 bits per heavy atom. The molecule has 0 aromatic heterocycles. The Balaban J connectivity index is 3.10. The zero-order chi connectivity index (χ0) is 12.3. The van der Waals surface area contributed by atoms with Crippen molar-refractivity contribution in [1.29, 1.82) is 0 Å². The molecule has 0 bridgehead atoms. The van der Waals surface area contributed by atoms with Gasteiger partial charge in [-0.3, -0.25) is 0 Å². The van der Waals surface area contributed by atoms with Gasteiger partial charge in [0.1, 0.15) is 0 Å². The minimum atomic E-state index is -0.749. The molecule has 3 N–H and O–H groups in total. The van der Waals surface area contributed by atoms with Gasteiger partial charge in [-0.05, 0) is 26.2 Å². The SMILES string of the molecule is CCCCOCCOCCCC(C)(O)CN. The molecule has 1 unspecified atom stereocenters. The van der Waals surface area contributed by atoms with Crippen LogP contribution in [-0.2, 0) is 9.47 Å². The maximum atomic E-state index is 9.62. The molecule has 4 nitrogen and oxygen atoms in total. The number of hydrogen-bond donors (Lipinski definition) is 2. The van der Waals surface area contributed by atoms with Gasteiger partial charge in [0.2, 0.25) is 0 Å². The van der Waals surface area contributed by atoms with Crippen LogP contribution < -0.4 is 5.73 Å². The first kappa shape index (κ1) is 15.8. The van der Waals surface area contributed by atoms with E-state index in [1.165, 1.54) is 0 Å². The lowest BCUT2D eigenvalue weighted by Gasteiger charge is -2.20. The summed E-state index contributed by atoms with van der Waals surface area (Å²) in [6.45, 7) is 6.97. The minimum absolute atomic E-state index is 0.299. The molecule has 1 atom stereocenters. The predicted octanol–water partition coefficient (Wildman–Crippen LogP) is 1.31. The highest BCUT2D eigenvalue weighted by atomic mass is 16.5. The maximum absolute atomic E-state index is 9.62. The monoisotopic (exact) mass is 233 g/mol. The molecule has 0 fully saturated rings. The second-order valence-electron chi connectivity index (χ2n) is 4.38. The second-order valence-corrected chi connectivity index (χ2v) is 4.38. The molecule has 0 spiro atoms. The van der Waals surface area contributed by atoms with E-state index in [4.69, 9.17) is 15.2 Å². The zero-order valence-electron chi connectivity index (χ0n) is 10.7. The molecule has 0 aliphatic rings. The van der Waals surface area contributed by atoms with E-state index in [2.05, 4.69) is 6.92 Å². The van der Waals surface area contributed by atoms with Crippen molar-refractivity contribution in [3.05, 3.63) is 0 Å². The molecule has 0 aromatic carbocycles. The van der Waals surface area contributed by atoms with Gasteiger partial charge in [-0.15, -0.1) is 0 Å². The molecule has 98 valence electrons. The molecule has 0 aromatic rings. The lowest BCUT2D eigenvalue weighted by Crippen LogP contribution is -2.34. The molecule has 4 heteroatoms. The van der Waals surface area contributed by atoms with E-state index in [-0.39, 0.29) is 0 Å². The van der Waals surface area contributed by atoms with Gasteiger partial charge < -0.3 is 20.3 Å². The fourth-order valence-corrected chi connectivity index (χ4v) is 1.23. The Hall–Kier alpha value is -0.160. The minimum Gasteiger partial charge on any atom is -0.389 e. The summed E-state index contributed by atoms with van der Waals surface area (Å²) in [5, 5.41) is 9.62. The highest BCUT2D eigenvalue weighted by Gasteiger charge is 2.16. The lowest BCUT2D eigenvalue weighted by molar-refractivity contribution is 0.0252. The average molecular weight is 233 g/mol. The molecule has 0 heterocycles. The van der Waals surface area contributed by atoms with Gasteiger partial charge in [-0.25, -0.2) is 0 Å². The van der Waals surface area contributed by atoms with Gasteiger partial charge in [0.25, 0.3) is 0 Å². The summed E-state index contributed by atoms with van der Waals surface area (Å²) in [5.41, 5.74) is 4.66.